The molecule has 0 aromatic carbocycles. The van der Waals surface area contributed by atoms with E-state index in [4.69, 9.17) is 9.15 Å². The summed E-state index contributed by atoms with van der Waals surface area (Å²) in [5.41, 5.74) is 1.20. The topological polar surface area (TPSA) is 34.4 Å². The fourth-order valence-corrected chi connectivity index (χ4v) is 2.68. The number of hydrogen-bond acceptors (Lipinski definition) is 3. The van der Waals surface area contributed by atoms with Crippen LogP contribution in [-0.2, 0) is 17.9 Å². The Morgan fingerprint density at radius 3 is 2.81 bits per heavy atom. The van der Waals surface area contributed by atoms with Crippen LogP contribution in [0.2, 0.25) is 0 Å². The van der Waals surface area contributed by atoms with Crippen molar-refractivity contribution in [3.8, 4) is 0 Å². The zero-order chi connectivity index (χ0) is 15.2. The van der Waals surface area contributed by atoms with Crippen LogP contribution in [0, 0.1) is 18.8 Å². The van der Waals surface area contributed by atoms with Gasteiger partial charge in [-0.25, -0.2) is 0 Å². The fraction of sp³-hybridized carbons (Fsp3) is 0.667. The Hall–Kier alpha value is -1.06. The van der Waals surface area contributed by atoms with Crippen LogP contribution in [0.15, 0.2) is 22.6 Å². The second-order valence-electron chi connectivity index (χ2n) is 6.55. The number of ether oxygens (including phenoxy) is 1. The van der Waals surface area contributed by atoms with E-state index in [0.29, 0.717) is 18.6 Å². The predicted molar refractivity (Wildman–Crippen MR) is 86.1 cm³/mol. The first-order valence-corrected chi connectivity index (χ1v) is 8.10. The van der Waals surface area contributed by atoms with Gasteiger partial charge in [0.1, 0.15) is 18.1 Å². The van der Waals surface area contributed by atoms with E-state index in [1.165, 1.54) is 12.0 Å². The van der Waals surface area contributed by atoms with Crippen molar-refractivity contribution < 1.29 is 9.15 Å². The van der Waals surface area contributed by atoms with E-state index in [9.17, 15) is 0 Å². The van der Waals surface area contributed by atoms with Gasteiger partial charge in [0, 0.05) is 6.04 Å². The minimum absolute atomic E-state index is 0.468. The summed E-state index contributed by atoms with van der Waals surface area (Å²) in [7, 11) is 0. The molecular formula is C18H29NO2. The quantitative estimate of drug-likeness (QED) is 0.764. The number of nitrogens with one attached hydrogen (secondary N) is 1. The lowest BCUT2D eigenvalue weighted by molar-refractivity contribution is 0.0577. The summed E-state index contributed by atoms with van der Waals surface area (Å²) in [5, 5.41) is 3.39. The highest BCUT2D eigenvalue weighted by Gasteiger charge is 2.18. The number of allylic oxidation sites excluding steroid dienone is 2. The highest BCUT2D eigenvalue weighted by molar-refractivity contribution is 5.19. The Morgan fingerprint density at radius 1 is 1.33 bits per heavy atom. The van der Waals surface area contributed by atoms with Gasteiger partial charge in [-0.1, -0.05) is 32.9 Å². The van der Waals surface area contributed by atoms with Crippen LogP contribution in [0.4, 0.5) is 0 Å². The van der Waals surface area contributed by atoms with Gasteiger partial charge in [0.2, 0.25) is 0 Å². The maximum absolute atomic E-state index is 5.88. The smallest absolute Gasteiger partial charge is 0.130 e. The molecule has 0 radical (unpaired) electrons. The van der Waals surface area contributed by atoms with Gasteiger partial charge in [-0.2, -0.15) is 0 Å². The van der Waals surface area contributed by atoms with E-state index in [-0.39, 0.29) is 0 Å². The Kier molecular flexibility index (Phi) is 6.07. The molecule has 0 bridgehead atoms. The van der Waals surface area contributed by atoms with Crippen molar-refractivity contribution in [2.75, 3.05) is 6.61 Å². The first-order valence-electron chi connectivity index (χ1n) is 8.10. The van der Waals surface area contributed by atoms with Crippen molar-refractivity contribution in [1.29, 1.82) is 0 Å². The summed E-state index contributed by atoms with van der Waals surface area (Å²) in [5.74, 6) is 3.33. The van der Waals surface area contributed by atoms with E-state index in [2.05, 4.69) is 51.2 Å². The van der Waals surface area contributed by atoms with Gasteiger partial charge in [0.05, 0.1) is 13.2 Å². The lowest BCUT2D eigenvalue weighted by atomic mass is 9.85. The maximum Gasteiger partial charge on any atom is 0.130 e. The number of furan rings is 1. The van der Waals surface area contributed by atoms with Crippen LogP contribution in [-0.4, -0.2) is 12.6 Å². The maximum atomic E-state index is 5.88. The van der Waals surface area contributed by atoms with Crippen LogP contribution in [0.5, 0.6) is 0 Å². The number of rotatable bonds is 7. The van der Waals surface area contributed by atoms with Crippen LogP contribution in [0.25, 0.3) is 0 Å². The summed E-state index contributed by atoms with van der Waals surface area (Å²) >= 11 is 0. The predicted octanol–water partition coefficient (Wildman–Crippen LogP) is 4.20. The first kappa shape index (κ1) is 16.3. The average molecular weight is 291 g/mol. The third-order valence-corrected chi connectivity index (χ3v) is 4.24. The Balaban J connectivity index is 1.78. The summed E-state index contributed by atoms with van der Waals surface area (Å²) in [6.45, 7) is 10.9. The van der Waals surface area contributed by atoms with Gasteiger partial charge in [-0.15, -0.1) is 0 Å². The monoisotopic (exact) mass is 291 g/mol. The molecule has 0 aliphatic heterocycles. The van der Waals surface area contributed by atoms with Gasteiger partial charge in [-0.05, 0) is 43.2 Å². The molecule has 3 heteroatoms. The zero-order valence-electron chi connectivity index (χ0n) is 13.8. The molecule has 1 aliphatic rings. The fourth-order valence-electron chi connectivity index (χ4n) is 2.68. The Labute approximate surface area is 128 Å². The third-order valence-electron chi connectivity index (χ3n) is 4.24. The van der Waals surface area contributed by atoms with Crippen molar-refractivity contribution in [2.24, 2.45) is 11.8 Å². The van der Waals surface area contributed by atoms with Crippen molar-refractivity contribution >= 4 is 0 Å². The van der Waals surface area contributed by atoms with E-state index in [0.717, 1.165) is 37.0 Å². The molecular weight excluding hydrogens is 262 g/mol. The van der Waals surface area contributed by atoms with Gasteiger partial charge in [0.25, 0.3) is 0 Å². The van der Waals surface area contributed by atoms with Gasteiger partial charge >= 0.3 is 0 Å². The minimum Gasteiger partial charge on any atom is -0.462 e. The average Bonchev–Trinajstić information content (AvgIpc) is 2.79. The molecule has 0 fully saturated rings. The second-order valence-corrected chi connectivity index (χ2v) is 6.55. The number of aryl methyl sites for hydroxylation is 1. The summed E-state index contributed by atoms with van der Waals surface area (Å²) in [6, 6.07) is 2.57. The van der Waals surface area contributed by atoms with E-state index < -0.39 is 0 Å². The van der Waals surface area contributed by atoms with Crippen molar-refractivity contribution in [3.63, 3.8) is 0 Å². The molecule has 1 N–H and O–H groups in total. The summed E-state index contributed by atoms with van der Waals surface area (Å²) in [4.78, 5) is 0. The SMILES string of the molecule is Cc1cc(COCC2CC=CCC2C)oc1CNC(C)C. The van der Waals surface area contributed by atoms with E-state index in [1.807, 2.05) is 0 Å². The standard InChI is InChI=1S/C18H29NO2/c1-13(2)19-10-18-15(4)9-17(21-18)12-20-11-16-8-6-5-7-14(16)3/h5-6,9,13-14,16,19H,7-8,10-12H2,1-4H3. The van der Waals surface area contributed by atoms with E-state index in [1.54, 1.807) is 0 Å². The molecule has 21 heavy (non-hydrogen) atoms. The van der Waals surface area contributed by atoms with Gasteiger partial charge < -0.3 is 14.5 Å². The highest BCUT2D eigenvalue weighted by atomic mass is 16.5. The molecule has 118 valence electrons. The Bertz CT molecular complexity index is 462. The van der Waals surface area contributed by atoms with Crippen LogP contribution in [0.1, 0.15) is 50.7 Å². The molecule has 0 saturated carbocycles. The zero-order valence-corrected chi connectivity index (χ0v) is 13.8. The van der Waals surface area contributed by atoms with Crippen molar-refractivity contribution in [2.45, 2.75) is 59.7 Å². The first-order chi connectivity index (χ1) is 10.1. The lowest BCUT2D eigenvalue weighted by Gasteiger charge is -2.24. The molecule has 1 aliphatic carbocycles. The molecule has 1 aromatic heterocycles. The second kappa shape index (κ2) is 7.81. The molecule has 0 amide bonds. The van der Waals surface area contributed by atoms with Crippen molar-refractivity contribution in [3.05, 3.63) is 35.3 Å². The normalized spacial score (nSPS) is 22.1. The molecule has 2 rings (SSSR count). The minimum atomic E-state index is 0.468. The van der Waals surface area contributed by atoms with Crippen LogP contribution >= 0.6 is 0 Å². The summed E-state index contributed by atoms with van der Waals surface area (Å²) < 4.78 is 11.8. The largest absolute Gasteiger partial charge is 0.462 e. The lowest BCUT2D eigenvalue weighted by Crippen LogP contribution is -2.21. The van der Waals surface area contributed by atoms with Crippen molar-refractivity contribution in [1.82, 2.24) is 5.32 Å². The van der Waals surface area contributed by atoms with Gasteiger partial charge in [-0.3, -0.25) is 0 Å². The molecule has 0 spiro atoms. The van der Waals surface area contributed by atoms with E-state index >= 15 is 0 Å². The highest BCUT2D eigenvalue weighted by Crippen LogP contribution is 2.25. The Morgan fingerprint density at radius 2 is 2.10 bits per heavy atom. The summed E-state index contributed by atoms with van der Waals surface area (Å²) in [6.07, 6.45) is 6.88. The van der Waals surface area contributed by atoms with Gasteiger partial charge in [0.15, 0.2) is 0 Å². The molecule has 1 aromatic rings. The third kappa shape index (κ3) is 5.01. The van der Waals surface area contributed by atoms with Crippen LogP contribution in [0.3, 0.4) is 0 Å². The molecule has 0 saturated heterocycles. The molecule has 3 nitrogen and oxygen atoms in total. The molecule has 2 unspecified atom stereocenters. The molecule has 2 atom stereocenters. The van der Waals surface area contributed by atoms with Crippen LogP contribution < -0.4 is 5.32 Å². The molecule has 1 heterocycles. The number of hydrogen-bond donors (Lipinski definition) is 1.